The van der Waals surface area contributed by atoms with Gasteiger partial charge in [-0.25, -0.2) is 4.79 Å². The SMILES string of the molecule is O=C(NCc1ccccc1Cl)Nc1ccc(-c2csnn2)cc1. The van der Waals surface area contributed by atoms with Gasteiger partial charge >= 0.3 is 6.03 Å². The van der Waals surface area contributed by atoms with Crippen LogP contribution in [0.1, 0.15) is 5.56 Å². The van der Waals surface area contributed by atoms with Crippen molar-refractivity contribution >= 4 is 34.9 Å². The molecule has 0 saturated carbocycles. The molecule has 0 spiro atoms. The molecule has 5 nitrogen and oxygen atoms in total. The smallest absolute Gasteiger partial charge is 0.319 e. The standard InChI is InChI=1S/C16H13ClN4OS/c17-14-4-2-1-3-12(14)9-18-16(22)19-13-7-5-11(6-8-13)15-10-23-21-20-15/h1-8,10H,9H2,(H2,18,19,22). The monoisotopic (exact) mass is 344 g/mol. The molecule has 2 amide bonds. The van der Waals surface area contributed by atoms with Crippen LogP contribution in [0.3, 0.4) is 0 Å². The Labute approximate surface area is 142 Å². The fourth-order valence-corrected chi connectivity index (χ4v) is 2.68. The molecule has 1 heterocycles. The lowest BCUT2D eigenvalue weighted by atomic mass is 10.1. The van der Waals surface area contributed by atoms with Gasteiger partial charge in [0.25, 0.3) is 0 Å². The minimum absolute atomic E-state index is 0.284. The van der Waals surface area contributed by atoms with Crippen molar-refractivity contribution in [3.05, 3.63) is 64.5 Å². The van der Waals surface area contributed by atoms with Crippen molar-refractivity contribution < 1.29 is 4.79 Å². The molecule has 0 saturated heterocycles. The average Bonchev–Trinajstić information content (AvgIpc) is 3.09. The van der Waals surface area contributed by atoms with Crippen LogP contribution in [-0.4, -0.2) is 15.6 Å². The summed E-state index contributed by atoms with van der Waals surface area (Å²) in [6.45, 7) is 0.369. The first kappa shape index (κ1) is 15.5. The summed E-state index contributed by atoms with van der Waals surface area (Å²) < 4.78 is 3.83. The summed E-state index contributed by atoms with van der Waals surface area (Å²) >= 11 is 7.36. The van der Waals surface area contributed by atoms with Gasteiger partial charge in [-0.2, -0.15) is 0 Å². The summed E-state index contributed by atoms with van der Waals surface area (Å²) in [7, 11) is 0. The summed E-state index contributed by atoms with van der Waals surface area (Å²) in [6, 6.07) is 14.5. The zero-order valence-electron chi connectivity index (χ0n) is 12.0. The van der Waals surface area contributed by atoms with E-state index in [1.165, 1.54) is 11.5 Å². The van der Waals surface area contributed by atoms with Crippen molar-refractivity contribution in [1.82, 2.24) is 14.9 Å². The van der Waals surface area contributed by atoms with Crippen molar-refractivity contribution in [1.29, 1.82) is 0 Å². The molecule has 3 rings (SSSR count). The Morgan fingerprint density at radius 1 is 1.13 bits per heavy atom. The molecule has 0 aliphatic heterocycles. The molecule has 116 valence electrons. The molecule has 1 aromatic heterocycles. The number of carbonyl (C=O) groups is 1. The summed E-state index contributed by atoms with van der Waals surface area (Å²) in [4.78, 5) is 11.9. The Bertz CT molecular complexity index is 790. The van der Waals surface area contributed by atoms with E-state index in [9.17, 15) is 4.79 Å². The van der Waals surface area contributed by atoms with Crippen LogP contribution >= 0.6 is 23.1 Å². The topological polar surface area (TPSA) is 66.9 Å². The quantitative estimate of drug-likeness (QED) is 0.746. The maximum absolute atomic E-state index is 11.9. The van der Waals surface area contributed by atoms with Crippen molar-refractivity contribution in [3.63, 3.8) is 0 Å². The number of urea groups is 1. The molecule has 3 aromatic rings. The third kappa shape index (κ3) is 4.06. The first-order chi connectivity index (χ1) is 11.2. The zero-order chi connectivity index (χ0) is 16.1. The van der Waals surface area contributed by atoms with Crippen LogP contribution in [0.25, 0.3) is 11.3 Å². The van der Waals surface area contributed by atoms with Gasteiger partial charge in [0.1, 0.15) is 5.69 Å². The van der Waals surface area contributed by atoms with Crippen LogP contribution in [0.15, 0.2) is 53.9 Å². The molecular weight excluding hydrogens is 332 g/mol. The number of halogens is 1. The van der Waals surface area contributed by atoms with E-state index in [0.29, 0.717) is 17.3 Å². The second-order valence-corrected chi connectivity index (χ2v) is 5.78. The first-order valence-electron chi connectivity index (χ1n) is 6.88. The molecule has 0 radical (unpaired) electrons. The molecule has 7 heteroatoms. The van der Waals surface area contributed by atoms with Crippen LogP contribution in [0, 0.1) is 0 Å². The van der Waals surface area contributed by atoms with Gasteiger partial charge in [0, 0.05) is 28.2 Å². The zero-order valence-corrected chi connectivity index (χ0v) is 13.6. The molecule has 0 aliphatic rings. The van der Waals surface area contributed by atoms with Crippen molar-refractivity contribution in [2.75, 3.05) is 5.32 Å². The van der Waals surface area contributed by atoms with Gasteiger partial charge in [-0.1, -0.05) is 46.4 Å². The van der Waals surface area contributed by atoms with Gasteiger partial charge < -0.3 is 10.6 Å². The van der Waals surface area contributed by atoms with E-state index in [4.69, 9.17) is 11.6 Å². The summed E-state index contributed by atoms with van der Waals surface area (Å²) in [5.74, 6) is 0. The van der Waals surface area contributed by atoms with Gasteiger partial charge in [0.15, 0.2) is 0 Å². The highest BCUT2D eigenvalue weighted by molar-refractivity contribution is 7.03. The predicted octanol–water partition coefficient (Wildman–Crippen LogP) is 4.18. The van der Waals surface area contributed by atoms with E-state index < -0.39 is 0 Å². The first-order valence-corrected chi connectivity index (χ1v) is 8.09. The maximum Gasteiger partial charge on any atom is 0.319 e. The maximum atomic E-state index is 11.9. The van der Waals surface area contributed by atoms with Crippen LogP contribution in [0.2, 0.25) is 5.02 Å². The van der Waals surface area contributed by atoms with E-state index in [0.717, 1.165) is 16.8 Å². The van der Waals surface area contributed by atoms with Crippen molar-refractivity contribution in [2.24, 2.45) is 0 Å². The highest BCUT2D eigenvalue weighted by Crippen LogP contribution is 2.20. The fourth-order valence-electron chi connectivity index (χ4n) is 2.01. The van der Waals surface area contributed by atoms with Crippen LogP contribution in [0.4, 0.5) is 10.5 Å². The van der Waals surface area contributed by atoms with Crippen LogP contribution in [0.5, 0.6) is 0 Å². The molecule has 23 heavy (non-hydrogen) atoms. The lowest BCUT2D eigenvalue weighted by Crippen LogP contribution is -2.28. The van der Waals surface area contributed by atoms with Gasteiger partial charge in [-0.15, -0.1) is 5.10 Å². The molecule has 0 unspecified atom stereocenters. The summed E-state index contributed by atoms with van der Waals surface area (Å²) in [5, 5.41) is 12.1. The molecule has 0 atom stereocenters. The number of hydrogen-bond acceptors (Lipinski definition) is 4. The number of aromatic nitrogens is 2. The Hall–Kier alpha value is -2.44. The van der Waals surface area contributed by atoms with Gasteiger partial charge in [-0.3, -0.25) is 0 Å². The molecule has 2 N–H and O–H groups in total. The third-order valence-corrected chi connectivity index (χ3v) is 4.07. The van der Waals surface area contributed by atoms with Crippen LogP contribution in [-0.2, 0) is 6.54 Å². The number of nitrogens with zero attached hydrogens (tertiary/aromatic N) is 2. The number of benzene rings is 2. The number of carbonyl (C=O) groups excluding carboxylic acids is 1. The fraction of sp³-hybridized carbons (Fsp3) is 0.0625. The minimum atomic E-state index is -0.284. The van der Waals surface area contributed by atoms with E-state index in [-0.39, 0.29) is 6.03 Å². The normalized spacial score (nSPS) is 10.3. The molecule has 0 fully saturated rings. The number of amides is 2. The predicted molar refractivity (Wildman–Crippen MR) is 92.7 cm³/mol. The number of rotatable bonds is 4. The summed E-state index contributed by atoms with van der Waals surface area (Å²) in [6.07, 6.45) is 0. The highest BCUT2D eigenvalue weighted by atomic mass is 35.5. The largest absolute Gasteiger partial charge is 0.334 e. The third-order valence-electron chi connectivity index (χ3n) is 3.20. The molecular formula is C16H13ClN4OS. The Morgan fingerprint density at radius 2 is 1.91 bits per heavy atom. The van der Waals surface area contributed by atoms with Gasteiger partial charge in [0.2, 0.25) is 0 Å². The number of anilines is 1. The lowest BCUT2D eigenvalue weighted by molar-refractivity contribution is 0.251. The van der Waals surface area contributed by atoms with E-state index in [2.05, 4.69) is 20.2 Å². The molecule has 2 aromatic carbocycles. The van der Waals surface area contributed by atoms with E-state index in [1.807, 2.05) is 47.8 Å². The van der Waals surface area contributed by atoms with Crippen molar-refractivity contribution in [3.8, 4) is 11.3 Å². The number of hydrogen-bond donors (Lipinski definition) is 2. The van der Waals surface area contributed by atoms with Gasteiger partial charge in [-0.05, 0) is 35.3 Å². The highest BCUT2D eigenvalue weighted by Gasteiger charge is 2.05. The Morgan fingerprint density at radius 3 is 2.61 bits per heavy atom. The minimum Gasteiger partial charge on any atom is -0.334 e. The second kappa shape index (κ2) is 7.21. The Balaban J connectivity index is 1.57. The number of nitrogens with one attached hydrogen (secondary N) is 2. The van der Waals surface area contributed by atoms with Gasteiger partial charge in [0.05, 0.1) is 0 Å². The molecule has 0 aliphatic carbocycles. The summed E-state index contributed by atoms with van der Waals surface area (Å²) in [5.41, 5.74) is 3.36. The Kier molecular flexibility index (Phi) is 4.85. The van der Waals surface area contributed by atoms with E-state index in [1.54, 1.807) is 6.07 Å². The van der Waals surface area contributed by atoms with Crippen molar-refractivity contribution in [2.45, 2.75) is 6.54 Å². The van der Waals surface area contributed by atoms with E-state index >= 15 is 0 Å². The average molecular weight is 345 g/mol. The lowest BCUT2D eigenvalue weighted by Gasteiger charge is -2.09. The van der Waals surface area contributed by atoms with Crippen LogP contribution < -0.4 is 10.6 Å². The molecule has 0 bridgehead atoms. The second-order valence-electron chi connectivity index (χ2n) is 4.77.